The lowest BCUT2D eigenvalue weighted by molar-refractivity contribution is 0.401. The van der Waals surface area contributed by atoms with E-state index >= 15 is 0 Å². The Labute approximate surface area is 140 Å². The van der Waals surface area contributed by atoms with Crippen molar-refractivity contribution in [2.75, 3.05) is 19.1 Å². The fourth-order valence-electron chi connectivity index (χ4n) is 2.08. The normalized spacial score (nSPS) is 11.5. The van der Waals surface area contributed by atoms with Crippen LogP contribution in [0.5, 0.6) is 5.75 Å². The molecular weight excluding hydrogens is 334 g/mol. The van der Waals surface area contributed by atoms with E-state index < -0.39 is 9.84 Å². The third-order valence-corrected chi connectivity index (χ3v) is 5.50. The summed E-state index contributed by atoms with van der Waals surface area (Å²) in [7, 11) is -1.94. The molecule has 0 fully saturated rings. The summed E-state index contributed by atoms with van der Waals surface area (Å²) in [6, 6.07) is 3.38. The molecule has 8 heteroatoms. The second kappa shape index (κ2) is 6.76. The van der Waals surface area contributed by atoms with Gasteiger partial charge in [-0.15, -0.1) is 0 Å². The molecular formula is C15H19N3O3S2. The van der Waals surface area contributed by atoms with E-state index in [0.29, 0.717) is 22.3 Å². The highest BCUT2D eigenvalue weighted by atomic mass is 32.2. The Bertz CT molecular complexity index is 836. The molecule has 0 spiro atoms. The summed E-state index contributed by atoms with van der Waals surface area (Å²) in [6.45, 7) is 3.76. The Morgan fingerprint density at radius 3 is 2.52 bits per heavy atom. The number of hydrogen-bond acceptors (Lipinski definition) is 7. The Morgan fingerprint density at radius 2 is 2.00 bits per heavy atom. The Morgan fingerprint density at radius 1 is 1.30 bits per heavy atom. The van der Waals surface area contributed by atoms with Crippen molar-refractivity contribution in [1.82, 2.24) is 9.97 Å². The van der Waals surface area contributed by atoms with Crippen LogP contribution in [-0.2, 0) is 16.3 Å². The molecule has 0 aliphatic heterocycles. The first kappa shape index (κ1) is 17.6. The molecule has 2 N–H and O–H groups in total. The van der Waals surface area contributed by atoms with Gasteiger partial charge in [0.05, 0.1) is 12.0 Å². The van der Waals surface area contributed by atoms with Gasteiger partial charge in [0.1, 0.15) is 22.3 Å². The number of methoxy groups -OCH3 is 1. The second-order valence-electron chi connectivity index (χ2n) is 5.01. The van der Waals surface area contributed by atoms with Gasteiger partial charge in [0.15, 0.2) is 9.84 Å². The fourth-order valence-corrected chi connectivity index (χ4v) is 4.00. The summed E-state index contributed by atoms with van der Waals surface area (Å²) < 4.78 is 29.2. The monoisotopic (exact) mass is 353 g/mol. The average molecular weight is 353 g/mol. The van der Waals surface area contributed by atoms with E-state index in [4.69, 9.17) is 10.5 Å². The van der Waals surface area contributed by atoms with Gasteiger partial charge in [0.25, 0.3) is 0 Å². The first-order valence-electron chi connectivity index (χ1n) is 6.94. The van der Waals surface area contributed by atoms with Crippen molar-refractivity contribution in [2.24, 2.45) is 0 Å². The SMILES string of the molecule is CCc1cc(OC)c(S(C)(=O)=O)cc1Sc1cnc(C)nc1N. The molecule has 0 unspecified atom stereocenters. The van der Waals surface area contributed by atoms with Crippen molar-refractivity contribution in [3.63, 3.8) is 0 Å². The number of hydrogen-bond donors (Lipinski definition) is 1. The fraction of sp³-hybridized carbons (Fsp3) is 0.333. The Hall–Kier alpha value is -1.80. The van der Waals surface area contributed by atoms with Gasteiger partial charge >= 0.3 is 0 Å². The number of sulfone groups is 1. The first-order valence-corrected chi connectivity index (χ1v) is 9.65. The van der Waals surface area contributed by atoms with Gasteiger partial charge in [0.2, 0.25) is 0 Å². The van der Waals surface area contributed by atoms with Gasteiger partial charge < -0.3 is 10.5 Å². The third-order valence-electron chi connectivity index (χ3n) is 3.25. The number of nitrogens with two attached hydrogens (primary N) is 1. The van der Waals surface area contributed by atoms with Crippen LogP contribution in [0.2, 0.25) is 0 Å². The molecule has 2 aromatic rings. The molecule has 23 heavy (non-hydrogen) atoms. The summed E-state index contributed by atoms with van der Waals surface area (Å²) in [4.78, 5) is 9.92. The number of aromatic nitrogens is 2. The van der Waals surface area contributed by atoms with Gasteiger partial charge in [-0.1, -0.05) is 18.7 Å². The molecule has 0 aliphatic carbocycles. The molecule has 0 bridgehead atoms. The molecule has 1 aromatic carbocycles. The Kier molecular flexibility index (Phi) is 5.16. The molecule has 0 aliphatic rings. The predicted octanol–water partition coefficient (Wildman–Crippen LogP) is 2.49. The molecule has 6 nitrogen and oxygen atoms in total. The van der Waals surface area contributed by atoms with Crippen LogP contribution in [-0.4, -0.2) is 31.8 Å². The van der Waals surface area contributed by atoms with Crippen molar-refractivity contribution in [2.45, 2.75) is 35.0 Å². The van der Waals surface area contributed by atoms with Crippen LogP contribution in [0.4, 0.5) is 5.82 Å². The van der Waals surface area contributed by atoms with Gasteiger partial charge in [-0.3, -0.25) is 0 Å². The molecule has 0 saturated heterocycles. The van der Waals surface area contributed by atoms with Crippen molar-refractivity contribution < 1.29 is 13.2 Å². The van der Waals surface area contributed by atoms with Crippen molar-refractivity contribution in [3.05, 3.63) is 29.7 Å². The average Bonchev–Trinajstić information content (AvgIpc) is 2.48. The summed E-state index contributed by atoms with van der Waals surface area (Å²) in [5, 5.41) is 0. The van der Waals surface area contributed by atoms with Gasteiger partial charge in [-0.05, 0) is 31.0 Å². The number of rotatable bonds is 5. The van der Waals surface area contributed by atoms with E-state index in [-0.39, 0.29) is 4.90 Å². The van der Waals surface area contributed by atoms with Gasteiger partial charge in [-0.25, -0.2) is 18.4 Å². The van der Waals surface area contributed by atoms with Crippen LogP contribution >= 0.6 is 11.8 Å². The van der Waals surface area contributed by atoms with Crippen LogP contribution in [0.15, 0.2) is 33.0 Å². The van der Waals surface area contributed by atoms with Crippen molar-refractivity contribution >= 4 is 27.4 Å². The van der Waals surface area contributed by atoms with Crippen LogP contribution < -0.4 is 10.5 Å². The lowest BCUT2D eigenvalue weighted by Crippen LogP contribution is -2.03. The zero-order valence-electron chi connectivity index (χ0n) is 13.5. The largest absolute Gasteiger partial charge is 0.495 e. The first-order chi connectivity index (χ1) is 10.8. The summed E-state index contributed by atoms with van der Waals surface area (Å²) in [5.41, 5.74) is 6.90. The smallest absolute Gasteiger partial charge is 0.179 e. The second-order valence-corrected chi connectivity index (χ2v) is 8.07. The van der Waals surface area contributed by atoms with Gasteiger partial charge in [-0.2, -0.15) is 0 Å². The van der Waals surface area contributed by atoms with E-state index in [1.807, 2.05) is 6.92 Å². The standard InChI is InChI=1S/C15H19N3O3S2/c1-5-10-6-11(21-3)14(23(4,19)20)7-12(10)22-13-8-17-9(2)18-15(13)16/h6-8H,5H2,1-4H3,(H2,16,17,18). The quantitative estimate of drug-likeness (QED) is 0.882. The lowest BCUT2D eigenvalue weighted by Gasteiger charge is -2.14. The highest BCUT2D eigenvalue weighted by molar-refractivity contribution is 7.99. The molecule has 0 saturated carbocycles. The number of nitrogens with zero attached hydrogens (tertiary/aromatic N) is 2. The summed E-state index contributed by atoms with van der Waals surface area (Å²) in [6.07, 6.45) is 3.54. The van der Waals surface area contributed by atoms with Crippen LogP contribution in [0.25, 0.3) is 0 Å². The number of anilines is 1. The van der Waals surface area contributed by atoms with E-state index in [1.54, 1.807) is 25.3 Å². The third kappa shape index (κ3) is 3.94. The molecule has 2 rings (SSSR count). The van der Waals surface area contributed by atoms with Crippen LogP contribution in [0.1, 0.15) is 18.3 Å². The van der Waals surface area contributed by atoms with E-state index in [1.165, 1.54) is 18.9 Å². The number of benzene rings is 1. The lowest BCUT2D eigenvalue weighted by atomic mass is 10.1. The van der Waals surface area contributed by atoms with Crippen LogP contribution in [0, 0.1) is 6.92 Å². The summed E-state index contributed by atoms with van der Waals surface area (Å²) in [5.74, 6) is 1.32. The zero-order chi connectivity index (χ0) is 17.2. The minimum atomic E-state index is -3.40. The zero-order valence-corrected chi connectivity index (χ0v) is 15.1. The summed E-state index contributed by atoms with van der Waals surface area (Å²) >= 11 is 1.35. The Balaban J connectivity index is 2.56. The highest BCUT2D eigenvalue weighted by Gasteiger charge is 2.19. The number of nitrogen functional groups attached to an aromatic ring is 1. The number of ether oxygens (including phenoxy) is 1. The minimum Gasteiger partial charge on any atom is -0.495 e. The van der Waals surface area contributed by atoms with Crippen molar-refractivity contribution in [3.8, 4) is 5.75 Å². The maximum atomic E-state index is 12.0. The topological polar surface area (TPSA) is 95.2 Å². The van der Waals surface area contributed by atoms with Crippen LogP contribution in [0.3, 0.4) is 0 Å². The molecule has 1 heterocycles. The van der Waals surface area contributed by atoms with Crippen molar-refractivity contribution in [1.29, 1.82) is 0 Å². The molecule has 0 atom stereocenters. The minimum absolute atomic E-state index is 0.159. The predicted molar refractivity (Wildman–Crippen MR) is 90.8 cm³/mol. The highest BCUT2D eigenvalue weighted by Crippen LogP contribution is 2.38. The van der Waals surface area contributed by atoms with E-state index in [0.717, 1.165) is 23.1 Å². The maximum Gasteiger partial charge on any atom is 0.179 e. The molecule has 124 valence electrons. The molecule has 0 radical (unpaired) electrons. The number of aryl methyl sites for hydroxylation is 2. The van der Waals surface area contributed by atoms with Gasteiger partial charge in [0, 0.05) is 17.3 Å². The molecule has 1 aromatic heterocycles. The van der Waals surface area contributed by atoms with E-state index in [2.05, 4.69) is 9.97 Å². The van der Waals surface area contributed by atoms with E-state index in [9.17, 15) is 8.42 Å². The molecule has 0 amide bonds. The maximum absolute atomic E-state index is 12.0.